The summed E-state index contributed by atoms with van der Waals surface area (Å²) in [6.07, 6.45) is 5.52. The molecule has 0 saturated carbocycles. The van der Waals surface area contributed by atoms with Gasteiger partial charge < -0.3 is 15.2 Å². The summed E-state index contributed by atoms with van der Waals surface area (Å²) in [5.74, 6) is 0.602. The molecule has 1 heterocycles. The maximum absolute atomic E-state index is 13.3. The number of benzene rings is 1. The van der Waals surface area contributed by atoms with Crippen LogP contribution in [0.4, 0.5) is 4.39 Å². The first-order valence-corrected chi connectivity index (χ1v) is 8.28. The molecule has 0 radical (unpaired) electrons. The summed E-state index contributed by atoms with van der Waals surface area (Å²) >= 11 is 0. The van der Waals surface area contributed by atoms with Crippen LogP contribution in [-0.4, -0.2) is 33.8 Å². The highest BCUT2D eigenvalue weighted by molar-refractivity contribution is 14.0. The number of rotatable bonds is 8. The van der Waals surface area contributed by atoms with Gasteiger partial charge in [-0.2, -0.15) is 0 Å². The Morgan fingerprint density at radius 2 is 1.96 bits per heavy atom. The van der Waals surface area contributed by atoms with E-state index >= 15 is 0 Å². The Kier molecular flexibility index (Phi) is 10.0. The number of nitrogens with one attached hydrogen (secondary N) is 2. The number of hydrogen-bond acceptors (Lipinski definition) is 3. The smallest absolute Gasteiger partial charge is 0.191 e. The molecule has 1 aromatic carbocycles. The van der Waals surface area contributed by atoms with Gasteiger partial charge in [0, 0.05) is 19.6 Å². The van der Waals surface area contributed by atoms with Crippen molar-refractivity contribution < 1.29 is 4.39 Å². The number of aliphatic imine (C=N–C) groups is 1. The predicted octanol–water partition coefficient (Wildman–Crippen LogP) is 2.88. The van der Waals surface area contributed by atoms with Crippen LogP contribution in [0.5, 0.6) is 0 Å². The van der Waals surface area contributed by atoms with Gasteiger partial charge in [0.2, 0.25) is 0 Å². The minimum atomic E-state index is -0.180. The minimum absolute atomic E-state index is 0. The van der Waals surface area contributed by atoms with Crippen LogP contribution in [0.1, 0.15) is 30.9 Å². The standard InChI is InChI=1S/C17H25FN6.HI/c1-3-19-17(20-8-4-5-9-24-12-22-23-13-24)21-11-15-6-7-16(18)14(2)10-15;/h6-7,10,12-13H,3-5,8-9,11H2,1-2H3,(H2,19,20,21);1H. The van der Waals surface area contributed by atoms with Crippen LogP contribution in [0.15, 0.2) is 35.8 Å². The molecule has 0 atom stereocenters. The van der Waals surface area contributed by atoms with E-state index in [2.05, 4.69) is 25.8 Å². The van der Waals surface area contributed by atoms with E-state index in [9.17, 15) is 4.39 Å². The Balaban J connectivity index is 0.00000312. The molecule has 0 aliphatic rings. The van der Waals surface area contributed by atoms with E-state index in [-0.39, 0.29) is 29.8 Å². The molecule has 1 aromatic heterocycles. The maximum Gasteiger partial charge on any atom is 0.191 e. The van der Waals surface area contributed by atoms with Crippen molar-refractivity contribution in [2.75, 3.05) is 13.1 Å². The maximum atomic E-state index is 13.3. The second kappa shape index (κ2) is 11.8. The van der Waals surface area contributed by atoms with Gasteiger partial charge in [0.1, 0.15) is 18.5 Å². The van der Waals surface area contributed by atoms with Crippen LogP contribution < -0.4 is 10.6 Å². The van der Waals surface area contributed by atoms with Crippen LogP contribution in [0, 0.1) is 12.7 Å². The predicted molar refractivity (Wildman–Crippen MR) is 109 cm³/mol. The Morgan fingerprint density at radius 1 is 1.20 bits per heavy atom. The van der Waals surface area contributed by atoms with E-state index in [1.54, 1.807) is 25.6 Å². The lowest BCUT2D eigenvalue weighted by Crippen LogP contribution is -2.37. The first-order valence-electron chi connectivity index (χ1n) is 8.28. The molecule has 0 amide bonds. The average molecular weight is 460 g/mol. The molecule has 0 aliphatic heterocycles. The van der Waals surface area contributed by atoms with Gasteiger partial charge in [-0.3, -0.25) is 0 Å². The molecular formula is C17H26FIN6. The molecular weight excluding hydrogens is 434 g/mol. The van der Waals surface area contributed by atoms with Gasteiger partial charge in [-0.1, -0.05) is 12.1 Å². The molecule has 0 unspecified atom stereocenters. The van der Waals surface area contributed by atoms with E-state index in [1.165, 1.54) is 6.07 Å². The normalized spacial score (nSPS) is 11.1. The fourth-order valence-electron chi connectivity index (χ4n) is 2.28. The zero-order chi connectivity index (χ0) is 17.2. The van der Waals surface area contributed by atoms with E-state index in [4.69, 9.17) is 0 Å². The third-order valence-corrected chi connectivity index (χ3v) is 3.59. The van der Waals surface area contributed by atoms with Crippen molar-refractivity contribution >= 4 is 29.9 Å². The summed E-state index contributed by atoms with van der Waals surface area (Å²) in [5, 5.41) is 14.1. The molecule has 2 N–H and O–H groups in total. The van der Waals surface area contributed by atoms with Gasteiger partial charge in [-0.25, -0.2) is 9.38 Å². The van der Waals surface area contributed by atoms with Gasteiger partial charge >= 0.3 is 0 Å². The Hall–Kier alpha value is -1.71. The topological polar surface area (TPSA) is 67.1 Å². The Labute approximate surface area is 165 Å². The monoisotopic (exact) mass is 460 g/mol. The number of unbranched alkanes of at least 4 members (excludes halogenated alkanes) is 1. The molecule has 0 bridgehead atoms. The number of aromatic nitrogens is 3. The molecule has 25 heavy (non-hydrogen) atoms. The highest BCUT2D eigenvalue weighted by Gasteiger charge is 2.01. The van der Waals surface area contributed by atoms with Gasteiger partial charge in [-0.05, 0) is 43.9 Å². The van der Waals surface area contributed by atoms with Crippen LogP contribution >= 0.6 is 24.0 Å². The summed E-state index contributed by atoms with van der Waals surface area (Å²) in [4.78, 5) is 4.55. The van der Waals surface area contributed by atoms with Crippen LogP contribution in [-0.2, 0) is 13.1 Å². The molecule has 0 spiro atoms. The Morgan fingerprint density at radius 3 is 2.64 bits per heavy atom. The lowest BCUT2D eigenvalue weighted by Gasteiger charge is -2.11. The number of hydrogen-bond donors (Lipinski definition) is 2. The van der Waals surface area contributed by atoms with Crippen molar-refractivity contribution in [3.05, 3.63) is 47.8 Å². The average Bonchev–Trinajstić information content (AvgIpc) is 3.08. The summed E-state index contributed by atoms with van der Waals surface area (Å²) in [6, 6.07) is 5.10. The van der Waals surface area contributed by atoms with E-state index < -0.39 is 0 Å². The molecule has 8 heteroatoms. The lowest BCUT2D eigenvalue weighted by molar-refractivity contribution is 0.597. The van der Waals surface area contributed by atoms with Crippen molar-refractivity contribution in [1.29, 1.82) is 0 Å². The fraction of sp³-hybridized carbons (Fsp3) is 0.471. The van der Waals surface area contributed by atoms with E-state index in [1.807, 2.05) is 17.6 Å². The molecule has 138 valence electrons. The van der Waals surface area contributed by atoms with E-state index in [0.29, 0.717) is 12.1 Å². The van der Waals surface area contributed by atoms with Crippen molar-refractivity contribution in [1.82, 2.24) is 25.4 Å². The van der Waals surface area contributed by atoms with Crippen LogP contribution in [0.3, 0.4) is 0 Å². The van der Waals surface area contributed by atoms with Crippen molar-refractivity contribution in [2.45, 2.75) is 39.8 Å². The fourth-order valence-corrected chi connectivity index (χ4v) is 2.28. The zero-order valence-electron chi connectivity index (χ0n) is 14.7. The zero-order valence-corrected chi connectivity index (χ0v) is 17.0. The van der Waals surface area contributed by atoms with Gasteiger partial charge in [0.25, 0.3) is 0 Å². The van der Waals surface area contributed by atoms with Crippen molar-refractivity contribution in [2.24, 2.45) is 4.99 Å². The lowest BCUT2D eigenvalue weighted by atomic mass is 10.1. The third kappa shape index (κ3) is 7.80. The molecule has 0 aliphatic carbocycles. The summed E-state index contributed by atoms with van der Waals surface area (Å²) in [7, 11) is 0. The van der Waals surface area contributed by atoms with Crippen LogP contribution in [0.25, 0.3) is 0 Å². The number of guanidine groups is 1. The summed E-state index contributed by atoms with van der Waals surface area (Å²) in [6.45, 7) is 6.88. The molecule has 2 rings (SSSR count). The number of nitrogens with zero attached hydrogens (tertiary/aromatic N) is 4. The largest absolute Gasteiger partial charge is 0.357 e. The second-order valence-corrected chi connectivity index (χ2v) is 5.61. The van der Waals surface area contributed by atoms with Crippen molar-refractivity contribution in [3.63, 3.8) is 0 Å². The molecule has 0 saturated heterocycles. The minimum Gasteiger partial charge on any atom is -0.357 e. The van der Waals surface area contributed by atoms with Crippen molar-refractivity contribution in [3.8, 4) is 0 Å². The second-order valence-electron chi connectivity index (χ2n) is 5.61. The molecule has 0 fully saturated rings. The summed E-state index contributed by atoms with van der Waals surface area (Å²) < 4.78 is 15.3. The highest BCUT2D eigenvalue weighted by atomic mass is 127. The first kappa shape index (κ1) is 21.3. The van der Waals surface area contributed by atoms with Crippen LogP contribution in [0.2, 0.25) is 0 Å². The van der Waals surface area contributed by atoms with Gasteiger partial charge in [-0.15, -0.1) is 34.2 Å². The van der Waals surface area contributed by atoms with Gasteiger partial charge in [0.15, 0.2) is 5.96 Å². The number of halogens is 2. The quantitative estimate of drug-likeness (QED) is 0.275. The molecule has 2 aromatic rings. The third-order valence-electron chi connectivity index (χ3n) is 3.59. The SMILES string of the molecule is CCNC(=NCc1ccc(F)c(C)c1)NCCCCn1cnnc1.I. The number of aryl methyl sites for hydroxylation is 2. The highest BCUT2D eigenvalue weighted by Crippen LogP contribution is 2.10. The molecule has 6 nitrogen and oxygen atoms in total. The van der Waals surface area contributed by atoms with Gasteiger partial charge in [0.05, 0.1) is 6.54 Å². The summed E-state index contributed by atoms with van der Waals surface area (Å²) in [5.41, 5.74) is 1.65. The Bertz CT molecular complexity index is 645. The first-order chi connectivity index (χ1) is 11.7. The van der Waals surface area contributed by atoms with E-state index in [0.717, 1.165) is 44.0 Å².